The zero-order chi connectivity index (χ0) is 21.2. The predicted octanol–water partition coefficient (Wildman–Crippen LogP) is 1.66. The van der Waals surface area contributed by atoms with E-state index in [4.69, 9.17) is 9.72 Å². The zero-order valence-electron chi connectivity index (χ0n) is 17.5. The first kappa shape index (κ1) is 19.9. The molecule has 1 fully saturated rings. The summed E-state index contributed by atoms with van der Waals surface area (Å²) in [5.74, 6) is 1.88. The number of aromatic nitrogens is 3. The van der Waals surface area contributed by atoms with Gasteiger partial charge >= 0.3 is 0 Å². The van der Waals surface area contributed by atoms with Gasteiger partial charge in [0.1, 0.15) is 11.6 Å². The Morgan fingerprint density at radius 3 is 2.74 bits per heavy atom. The third-order valence-electron chi connectivity index (χ3n) is 6.17. The lowest BCUT2D eigenvalue weighted by molar-refractivity contribution is 0.206. The van der Waals surface area contributed by atoms with Crippen molar-refractivity contribution >= 4 is 0 Å². The highest BCUT2D eigenvalue weighted by Crippen LogP contribution is 2.28. The minimum absolute atomic E-state index is 0.0308. The number of nitrogens with one attached hydrogen (secondary N) is 3. The van der Waals surface area contributed by atoms with Crippen LogP contribution in [-0.2, 0) is 13.0 Å². The number of H-pyrrole nitrogens is 1. The average molecular weight is 419 g/mol. The van der Waals surface area contributed by atoms with Gasteiger partial charge < -0.3 is 9.72 Å². The second-order valence-corrected chi connectivity index (χ2v) is 8.10. The van der Waals surface area contributed by atoms with Crippen molar-refractivity contribution in [3.8, 4) is 17.1 Å². The molecule has 3 aromatic rings. The van der Waals surface area contributed by atoms with Gasteiger partial charge in [-0.1, -0.05) is 12.1 Å². The molecular formula is C23H26N6O2. The Kier molecular flexibility index (Phi) is 5.50. The van der Waals surface area contributed by atoms with Gasteiger partial charge in [0.05, 0.1) is 18.8 Å². The fraction of sp³-hybridized carbons (Fsp3) is 0.348. The van der Waals surface area contributed by atoms with Gasteiger partial charge in [-0.25, -0.2) is 10.4 Å². The highest BCUT2D eigenvalue weighted by atomic mass is 16.5. The van der Waals surface area contributed by atoms with Gasteiger partial charge in [0, 0.05) is 55.6 Å². The minimum Gasteiger partial charge on any atom is -0.497 e. The van der Waals surface area contributed by atoms with E-state index in [1.54, 1.807) is 19.5 Å². The summed E-state index contributed by atoms with van der Waals surface area (Å²) in [5.41, 5.74) is 10.5. The maximum atomic E-state index is 12.6. The number of ether oxygens (including phenoxy) is 1. The van der Waals surface area contributed by atoms with Crippen LogP contribution in [0.1, 0.15) is 22.9 Å². The molecule has 2 aromatic heterocycles. The second-order valence-electron chi connectivity index (χ2n) is 8.10. The fourth-order valence-corrected chi connectivity index (χ4v) is 4.50. The first-order valence-electron chi connectivity index (χ1n) is 10.6. The lowest BCUT2D eigenvalue weighted by Crippen LogP contribution is -2.39. The fourth-order valence-electron chi connectivity index (χ4n) is 4.50. The summed E-state index contributed by atoms with van der Waals surface area (Å²) in [4.78, 5) is 26.8. The first-order valence-corrected chi connectivity index (χ1v) is 10.6. The summed E-state index contributed by atoms with van der Waals surface area (Å²) in [6.45, 7) is 3.36. The van der Waals surface area contributed by atoms with Gasteiger partial charge in [-0.3, -0.25) is 20.1 Å². The van der Waals surface area contributed by atoms with E-state index in [0.29, 0.717) is 18.3 Å². The summed E-state index contributed by atoms with van der Waals surface area (Å²) in [5, 5.41) is 0. The highest BCUT2D eigenvalue weighted by molar-refractivity contribution is 5.54. The number of methoxy groups -OCH3 is 1. The Morgan fingerprint density at radius 2 is 1.97 bits per heavy atom. The van der Waals surface area contributed by atoms with Crippen LogP contribution in [0.5, 0.6) is 5.75 Å². The molecule has 5 rings (SSSR count). The summed E-state index contributed by atoms with van der Waals surface area (Å²) >= 11 is 0. The number of hydrazine groups is 1. The largest absolute Gasteiger partial charge is 0.497 e. The van der Waals surface area contributed by atoms with Crippen molar-refractivity contribution in [1.82, 2.24) is 30.7 Å². The molecule has 1 aromatic carbocycles. The molecule has 160 valence electrons. The van der Waals surface area contributed by atoms with E-state index >= 15 is 0 Å². The van der Waals surface area contributed by atoms with Crippen molar-refractivity contribution in [2.45, 2.75) is 19.0 Å². The van der Waals surface area contributed by atoms with Crippen LogP contribution < -0.4 is 21.1 Å². The van der Waals surface area contributed by atoms with Gasteiger partial charge in [0.25, 0.3) is 5.56 Å². The minimum atomic E-state index is -0.0308. The van der Waals surface area contributed by atoms with Crippen LogP contribution >= 0.6 is 0 Å². The molecule has 4 heterocycles. The topological polar surface area (TPSA) is 95.2 Å². The lowest BCUT2D eigenvalue weighted by Gasteiger charge is -2.31. The van der Waals surface area contributed by atoms with Crippen LogP contribution in [0.2, 0.25) is 0 Å². The number of rotatable bonds is 5. The van der Waals surface area contributed by atoms with Crippen molar-refractivity contribution in [3.63, 3.8) is 0 Å². The van der Waals surface area contributed by atoms with Crippen molar-refractivity contribution in [3.05, 3.63) is 76.0 Å². The molecule has 1 saturated heterocycles. The number of benzene rings is 1. The van der Waals surface area contributed by atoms with Crippen molar-refractivity contribution in [2.75, 3.05) is 26.7 Å². The van der Waals surface area contributed by atoms with Gasteiger partial charge in [0.15, 0.2) is 0 Å². The van der Waals surface area contributed by atoms with Gasteiger partial charge in [-0.05, 0) is 36.2 Å². The zero-order valence-corrected chi connectivity index (χ0v) is 17.5. The maximum absolute atomic E-state index is 12.6. The molecule has 0 amide bonds. The van der Waals surface area contributed by atoms with E-state index in [-0.39, 0.29) is 11.6 Å². The molecule has 31 heavy (non-hydrogen) atoms. The van der Waals surface area contributed by atoms with Crippen molar-refractivity contribution in [1.29, 1.82) is 0 Å². The van der Waals surface area contributed by atoms with Gasteiger partial charge in [-0.15, -0.1) is 0 Å². The Hall–Kier alpha value is -3.07. The number of hydrogen-bond donors (Lipinski definition) is 3. The SMILES string of the molecule is COc1ccc(C2NNCC2CN2CCc3c(nc(-c4ccncc4)[nH]c3=O)C2)cc1. The number of pyridine rings is 1. The monoisotopic (exact) mass is 418 g/mol. The first-order chi connectivity index (χ1) is 15.2. The molecule has 0 spiro atoms. The Labute approximate surface area is 180 Å². The molecule has 2 unspecified atom stereocenters. The third kappa shape index (κ3) is 4.10. The van der Waals surface area contributed by atoms with E-state index in [0.717, 1.165) is 48.6 Å². The summed E-state index contributed by atoms with van der Waals surface area (Å²) in [7, 11) is 1.68. The normalized spacial score (nSPS) is 21.1. The molecule has 2 aliphatic heterocycles. The quantitative estimate of drug-likeness (QED) is 0.580. The van der Waals surface area contributed by atoms with Crippen LogP contribution in [-0.4, -0.2) is 46.6 Å². The Balaban J connectivity index is 1.33. The molecular weight excluding hydrogens is 392 g/mol. The van der Waals surface area contributed by atoms with Crippen LogP contribution in [0.25, 0.3) is 11.4 Å². The third-order valence-corrected chi connectivity index (χ3v) is 6.17. The molecule has 2 aliphatic rings. The Bertz CT molecular complexity index is 1100. The average Bonchev–Trinajstić information content (AvgIpc) is 3.27. The molecule has 0 radical (unpaired) electrons. The molecule has 0 bridgehead atoms. The van der Waals surface area contributed by atoms with Crippen LogP contribution in [0.15, 0.2) is 53.6 Å². The Morgan fingerprint density at radius 1 is 1.16 bits per heavy atom. The summed E-state index contributed by atoms with van der Waals surface area (Å²) in [6.07, 6.45) is 4.13. The standard InChI is InChI=1S/C23H26N6O2/c1-31-18-4-2-15(3-5-18)21-17(12-25-28-21)13-29-11-8-19-20(14-29)26-22(27-23(19)30)16-6-9-24-10-7-16/h2-7,9-10,17,21,25,28H,8,11-14H2,1H3,(H,26,27,30). The molecule has 8 nitrogen and oxygen atoms in total. The lowest BCUT2D eigenvalue weighted by atomic mass is 9.93. The smallest absolute Gasteiger partial charge is 0.254 e. The van der Waals surface area contributed by atoms with Crippen molar-refractivity contribution < 1.29 is 4.74 Å². The molecule has 2 atom stereocenters. The van der Waals surface area contributed by atoms with Gasteiger partial charge in [0.2, 0.25) is 0 Å². The van der Waals surface area contributed by atoms with Crippen LogP contribution in [0.3, 0.4) is 0 Å². The molecule has 0 aliphatic carbocycles. The molecule has 8 heteroatoms. The molecule has 3 N–H and O–H groups in total. The number of hydrogen-bond acceptors (Lipinski definition) is 7. The van der Waals surface area contributed by atoms with E-state index in [1.807, 2.05) is 24.3 Å². The highest BCUT2D eigenvalue weighted by Gasteiger charge is 2.31. The predicted molar refractivity (Wildman–Crippen MR) is 117 cm³/mol. The van der Waals surface area contributed by atoms with E-state index in [1.165, 1.54) is 5.56 Å². The van der Waals surface area contributed by atoms with Crippen molar-refractivity contribution in [2.24, 2.45) is 5.92 Å². The van der Waals surface area contributed by atoms with Crippen LogP contribution in [0, 0.1) is 5.92 Å². The maximum Gasteiger partial charge on any atom is 0.254 e. The van der Waals surface area contributed by atoms with E-state index < -0.39 is 0 Å². The van der Waals surface area contributed by atoms with E-state index in [2.05, 4.69) is 37.9 Å². The summed E-state index contributed by atoms with van der Waals surface area (Å²) in [6, 6.07) is 12.2. The number of nitrogens with zero attached hydrogens (tertiary/aromatic N) is 3. The second kappa shape index (κ2) is 8.58. The van der Waals surface area contributed by atoms with E-state index in [9.17, 15) is 4.79 Å². The number of aromatic amines is 1. The number of fused-ring (bicyclic) bond motifs is 1. The molecule has 0 saturated carbocycles. The van der Waals surface area contributed by atoms with Crippen LogP contribution in [0.4, 0.5) is 0 Å². The van der Waals surface area contributed by atoms with Gasteiger partial charge in [-0.2, -0.15) is 0 Å². The summed E-state index contributed by atoms with van der Waals surface area (Å²) < 4.78 is 5.28.